The van der Waals surface area contributed by atoms with E-state index in [4.69, 9.17) is 22.5 Å². The van der Waals surface area contributed by atoms with Gasteiger partial charge in [-0.1, -0.05) is 28.9 Å². The van der Waals surface area contributed by atoms with E-state index in [1.807, 2.05) is 24.3 Å². The summed E-state index contributed by atoms with van der Waals surface area (Å²) >= 11 is 5.86. The third-order valence-electron chi connectivity index (χ3n) is 2.81. The third kappa shape index (κ3) is 4.94. The first-order valence-corrected chi connectivity index (χ1v) is 6.35. The van der Waals surface area contributed by atoms with Crippen LogP contribution in [0.3, 0.4) is 0 Å². The zero-order chi connectivity index (χ0) is 13.5. The molecule has 1 aromatic rings. The molecular weight excluding hydrogens is 250 g/mol. The highest BCUT2D eigenvalue weighted by Crippen LogP contribution is 2.13. The molecule has 0 heterocycles. The van der Waals surface area contributed by atoms with Crippen molar-refractivity contribution in [1.82, 2.24) is 4.90 Å². The van der Waals surface area contributed by atoms with Gasteiger partial charge in [-0.15, -0.1) is 0 Å². The third-order valence-corrected chi connectivity index (χ3v) is 3.06. The number of benzene rings is 1. The standard InChI is InChI=1S/C13H20ClN3O/c1-10(2)17(8-7-13(15)16-18)9-11-3-5-12(14)6-4-11/h3-6,10,18H,7-9H2,1-2H3,(H2,15,16). The smallest absolute Gasteiger partial charge is 0.140 e. The van der Waals surface area contributed by atoms with Gasteiger partial charge in [-0.2, -0.15) is 0 Å². The van der Waals surface area contributed by atoms with Crippen molar-refractivity contribution >= 4 is 17.4 Å². The fourth-order valence-corrected chi connectivity index (χ4v) is 1.78. The number of hydrogen-bond acceptors (Lipinski definition) is 3. The molecular formula is C13H20ClN3O. The molecule has 0 aliphatic carbocycles. The maximum atomic E-state index is 8.54. The number of nitrogens with two attached hydrogens (primary N) is 1. The highest BCUT2D eigenvalue weighted by molar-refractivity contribution is 6.30. The molecule has 18 heavy (non-hydrogen) atoms. The summed E-state index contributed by atoms with van der Waals surface area (Å²) in [5, 5.41) is 12.3. The minimum absolute atomic E-state index is 0.261. The fraction of sp³-hybridized carbons (Fsp3) is 0.462. The molecule has 0 spiro atoms. The van der Waals surface area contributed by atoms with E-state index in [9.17, 15) is 0 Å². The first kappa shape index (κ1) is 14.8. The average molecular weight is 270 g/mol. The van der Waals surface area contributed by atoms with Crippen LogP contribution in [0.15, 0.2) is 29.4 Å². The molecule has 1 aromatic carbocycles. The van der Waals surface area contributed by atoms with E-state index in [0.717, 1.165) is 18.1 Å². The molecule has 0 amide bonds. The Morgan fingerprint density at radius 3 is 2.50 bits per heavy atom. The van der Waals surface area contributed by atoms with Crippen LogP contribution in [0.1, 0.15) is 25.8 Å². The summed E-state index contributed by atoms with van der Waals surface area (Å²) < 4.78 is 0. The van der Waals surface area contributed by atoms with E-state index in [-0.39, 0.29) is 5.84 Å². The van der Waals surface area contributed by atoms with Gasteiger partial charge in [-0.25, -0.2) is 0 Å². The molecule has 0 aromatic heterocycles. The van der Waals surface area contributed by atoms with E-state index < -0.39 is 0 Å². The van der Waals surface area contributed by atoms with Gasteiger partial charge in [0.15, 0.2) is 0 Å². The van der Waals surface area contributed by atoms with Crippen LogP contribution in [0.25, 0.3) is 0 Å². The van der Waals surface area contributed by atoms with Gasteiger partial charge in [0.05, 0.1) is 0 Å². The second kappa shape index (κ2) is 7.24. The van der Waals surface area contributed by atoms with Gasteiger partial charge in [0.1, 0.15) is 5.84 Å². The number of oxime groups is 1. The van der Waals surface area contributed by atoms with Gasteiger partial charge in [-0.05, 0) is 31.5 Å². The first-order valence-electron chi connectivity index (χ1n) is 5.98. The van der Waals surface area contributed by atoms with Crippen LogP contribution in [0.4, 0.5) is 0 Å². The van der Waals surface area contributed by atoms with Gasteiger partial charge >= 0.3 is 0 Å². The van der Waals surface area contributed by atoms with Crippen molar-refractivity contribution in [2.45, 2.75) is 32.9 Å². The van der Waals surface area contributed by atoms with Gasteiger partial charge in [0.2, 0.25) is 0 Å². The summed E-state index contributed by atoms with van der Waals surface area (Å²) in [5.41, 5.74) is 6.69. The van der Waals surface area contributed by atoms with Crippen molar-refractivity contribution < 1.29 is 5.21 Å². The number of amidine groups is 1. The molecule has 0 radical (unpaired) electrons. The maximum absolute atomic E-state index is 8.54. The summed E-state index contributed by atoms with van der Waals surface area (Å²) in [6.45, 7) is 5.84. The monoisotopic (exact) mass is 269 g/mol. The summed E-state index contributed by atoms with van der Waals surface area (Å²) in [6.07, 6.45) is 0.558. The normalized spacial score (nSPS) is 12.4. The van der Waals surface area contributed by atoms with Crippen molar-refractivity contribution in [2.75, 3.05) is 6.54 Å². The molecule has 0 saturated heterocycles. The lowest BCUT2D eigenvalue weighted by Gasteiger charge is -2.26. The Balaban J connectivity index is 2.60. The predicted octanol–water partition coefficient (Wildman–Crippen LogP) is 2.69. The Kier molecular flexibility index (Phi) is 5.95. The topological polar surface area (TPSA) is 61.8 Å². The van der Waals surface area contributed by atoms with Crippen molar-refractivity contribution in [3.63, 3.8) is 0 Å². The molecule has 5 heteroatoms. The molecule has 0 aliphatic rings. The number of hydrogen-bond donors (Lipinski definition) is 2. The quantitative estimate of drug-likeness (QED) is 0.361. The maximum Gasteiger partial charge on any atom is 0.140 e. The highest BCUT2D eigenvalue weighted by Gasteiger charge is 2.10. The molecule has 0 bridgehead atoms. The van der Waals surface area contributed by atoms with Crippen LogP contribution >= 0.6 is 11.6 Å². The highest BCUT2D eigenvalue weighted by atomic mass is 35.5. The lowest BCUT2D eigenvalue weighted by atomic mass is 10.2. The minimum atomic E-state index is 0.261. The molecule has 0 saturated carbocycles. The van der Waals surface area contributed by atoms with Gasteiger partial charge in [0.25, 0.3) is 0 Å². The van der Waals surface area contributed by atoms with Crippen molar-refractivity contribution in [1.29, 1.82) is 0 Å². The zero-order valence-corrected chi connectivity index (χ0v) is 11.6. The molecule has 3 N–H and O–H groups in total. The van der Waals surface area contributed by atoms with Crippen molar-refractivity contribution in [2.24, 2.45) is 10.9 Å². The molecule has 100 valence electrons. The minimum Gasteiger partial charge on any atom is -0.409 e. The second-order valence-corrected chi connectivity index (χ2v) is 4.97. The predicted molar refractivity (Wildman–Crippen MR) is 75.0 cm³/mol. The van der Waals surface area contributed by atoms with E-state index in [1.54, 1.807) is 0 Å². The largest absolute Gasteiger partial charge is 0.409 e. The van der Waals surface area contributed by atoms with E-state index >= 15 is 0 Å². The van der Waals surface area contributed by atoms with Gasteiger partial charge in [-0.3, -0.25) is 4.90 Å². The van der Waals surface area contributed by atoms with Crippen LogP contribution in [0.2, 0.25) is 5.02 Å². The second-order valence-electron chi connectivity index (χ2n) is 4.53. The Morgan fingerprint density at radius 1 is 1.39 bits per heavy atom. The Bertz CT molecular complexity index is 390. The van der Waals surface area contributed by atoms with Crippen molar-refractivity contribution in [3.8, 4) is 0 Å². The number of nitrogens with zero attached hydrogens (tertiary/aromatic N) is 2. The molecule has 0 atom stereocenters. The molecule has 4 nitrogen and oxygen atoms in total. The summed E-state index contributed by atoms with van der Waals surface area (Å²) in [6, 6.07) is 8.20. The van der Waals surface area contributed by atoms with Crippen molar-refractivity contribution in [3.05, 3.63) is 34.9 Å². The van der Waals surface area contributed by atoms with E-state index in [0.29, 0.717) is 12.5 Å². The average Bonchev–Trinajstić information content (AvgIpc) is 2.35. The Labute approximate surface area is 113 Å². The van der Waals surface area contributed by atoms with Crippen LogP contribution in [-0.4, -0.2) is 28.5 Å². The zero-order valence-electron chi connectivity index (χ0n) is 10.8. The van der Waals surface area contributed by atoms with Crippen LogP contribution in [0.5, 0.6) is 0 Å². The van der Waals surface area contributed by atoms with Crippen LogP contribution in [0, 0.1) is 0 Å². The summed E-state index contributed by atoms with van der Waals surface area (Å²) in [5.74, 6) is 0.261. The van der Waals surface area contributed by atoms with Gasteiger partial charge < -0.3 is 10.9 Å². The summed E-state index contributed by atoms with van der Waals surface area (Å²) in [4.78, 5) is 2.27. The van der Waals surface area contributed by atoms with Crippen LogP contribution in [-0.2, 0) is 6.54 Å². The number of halogens is 1. The first-order chi connectivity index (χ1) is 8.52. The van der Waals surface area contributed by atoms with Crippen LogP contribution < -0.4 is 5.73 Å². The molecule has 0 aliphatic heterocycles. The molecule has 0 unspecified atom stereocenters. The lowest BCUT2D eigenvalue weighted by molar-refractivity contribution is 0.218. The Hall–Kier alpha value is -1.26. The SMILES string of the molecule is CC(C)N(CCC(N)=NO)Cc1ccc(Cl)cc1. The molecule has 1 rings (SSSR count). The Morgan fingerprint density at radius 2 is 2.00 bits per heavy atom. The fourth-order valence-electron chi connectivity index (χ4n) is 1.65. The van der Waals surface area contributed by atoms with E-state index in [1.165, 1.54) is 5.56 Å². The lowest BCUT2D eigenvalue weighted by Crippen LogP contribution is -2.33. The molecule has 0 fully saturated rings. The van der Waals surface area contributed by atoms with E-state index in [2.05, 4.69) is 23.9 Å². The van der Waals surface area contributed by atoms with Gasteiger partial charge in [0, 0.05) is 30.6 Å². The summed E-state index contributed by atoms with van der Waals surface area (Å²) in [7, 11) is 0. The number of rotatable bonds is 6.